The van der Waals surface area contributed by atoms with Crippen LogP contribution in [0.1, 0.15) is 44.4 Å². The highest BCUT2D eigenvalue weighted by Crippen LogP contribution is 2.48. The number of nitrogens with one attached hydrogen (secondary N) is 1. The predicted octanol–water partition coefficient (Wildman–Crippen LogP) is 3.40. The molecule has 0 aromatic heterocycles. The fourth-order valence-electron chi connectivity index (χ4n) is 2.87. The van der Waals surface area contributed by atoms with Gasteiger partial charge >= 0.3 is 0 Å². The first-order valence-corrected chi connectivity index (χ1v) is 6.92. The molecule has 0 aliphatic carbocycles. The molecule has 0 bridgehead atoms. The number of hydrogen-bond donors (Lipinski definition) is 1. The topological polar surface area (TPSA) is 108 Å². The highest BCUT2D eigenvalue weighted by molar-refractivity contribution is 5.78. The molecule has 1 heterocycles. The van der Waals surface area contributed by atoms with Gasteiger partial charge in [0, 0.05) is 0 Å². The zero-order valence-electron chi connectivity index (χ0n) is 13.2. The largest absolute Gasteiger partial charge is 0.359 e. The summed E-state index contributed by atoms with van der Waals surface area (Å²) in [5, 5.41) is 26.0. The molecule has 8 heteroatoms. The van der Waals surface area contributed by atoms with Crippen LogP contribution in [-0.2, 0) is 16.8 Å². The second kappa shape index (κ2) is 5.20. The molecule has 1 atom stereocenters. The number of nitrogens with zero attached hydrogens (tertiary/aromatic N) is 2. The van der Waals surface area contributed by atoms with E-state index in [0.717, 1.165) is 0 Å². The van der Waals surface area contributed by atoms with E-state index in [-0.39, 0.29) is 29.8 Å². The highest BCUT2D eigenvalue weighted by Gasteiger charge is 2.40. The maximum Gasteiger partial charge on any atom is 0.286 e. The SMILES string of the molecule is Cc1c([N+](=O)[O-])c2c(c(C(C)(C)C)c1[N+](=O)[O-])NC(C)OC2. The monoisotopic (exact) mass is 309 g/mol. The lowest BCUT2D eigenvalue weighted by Crippen LogP contribution is -2.30. The van der Waals surface area contributed by atoms with Gasteiger partial charge in [-0.15, -0.1) is 0 Å². The Kier molecular flexibility index (Phi) is 3.82. The van der Waals surface area contributed by atoms with Crippen LogP contribution in [0.3, 0.4) is 0 Å². The Bertz CT molecular complexity index is 664. The van der Waals surface area contributed by atoms with E-state index in [4.69, 9.17) is 4.74 Å². The fourth-order valence-corrected chi connectivity index (χ4v) is 2.87. The summed E-state index contributed by atoms with van der Waals surface area (Å²) < 4.78 is 5.43. The van der Waals surface area contributed by atoms with Crippen molar-refractivity contribution in [2.24, 2.45) is 0 Å². The van der Waals surface area contributed by atoms with Gasteiger partial charge in [-0.1, -0.05) is 20.8 Å². The summed E-state index contributed by atoms with van der Waals surface area (Å²) in [5.41, 5.74) is 0.389. The molecule has 0 saturated carbocycles. The predicted molar refractivity (Wildman–Crippen MR) is 81.1 cm³/mol. The Morgan fingerprint density at radius 2 is 1.73 bits per heavy atom. The lowest BCUT2D eigenvalue weighted by atomic mass is 9.81. The molecule has 1 aromatic rings. The molecule has 120 valence electrons. The summed E-state index contributed by atoms with van der Waals surface area (Å²) in [6.07, 6.45) is -0.365. The fraction of sp³-hybridized carbons (Fsp3) is 0.571. The standard InChI is InChI=1S/C14H19N3O5/c1-7-12(16(18)19)9-6-22-8(2)15-11(9)10(14(3,4)5)13(7)17(20)21/h8,15H,6H2,1-5H3. The molecule has 22 heavy (non-hydrogen) atoms. The van der Waals surface area contributed by atoms with Crippen molar-refractivity contribution in [3.8, 4) is 0 Å². The molecule has 0 spiro atoms. The first-order chi connectivity index (χ1) is 10.1. The summed E-state index contributed by atoms with van der Waals surface area (Å²) in [7, 11) is 0. The minimum Gasteiger partial charge on any atom is -0.359 e. The van der Waals surface area contributed by atoms with Crippen LogP contribution in [-0.4, -0.2) is 16.1 Å². The average molecular weight is 309 g/mol. The maximum atomic E-state index is 11.6. The Morgan fingerprint density at radius 3 is 2.18 bits per heavy atom. The lowest BCUT2D eigenvalue weighted by Gasteiger charge is -2.31. The van der Waals surface area contributed by atoms with Crippen molar-refractivity contribution in [2.45, 2.75) is 52.9 Å². The third-order valence-electron chi connectivity index (χ3n) is 3.73. The van der Waals surface area contributed by atoms with Crippen LogP contribution < -0.4 is 5.32 Å². The maximum absolute atomic E-state index is 11.6. The summed E-state index contributed by atoms with van der Waals surface area (Å²) in [6.45, 7) is 8.78. The Balaban J connectivity index is 2.97. The van der Waals surface area contributed by atoms with Crippen LogP contribution in [0.5, 0.6) is 0 Å². The smallest absolute Gasteiger partial charge is 0.286 e. The van der Waals surface area contributed by atoms with Crippen molar-refractivity contribution >= 4 is 17.1 Å². The summed E-state index contributed by atoms with van der Waals surface area (Å²) in [5.74, 6) is 0. The molecule has 1 N–H and O–H groups in total. The average Bonchev–Trinajstić information content (AvgIpc) is 2.35. The van der Waals surface area contributed by atoms with Crippen molar-refractivity contribution in [1.82, 2.24) is 0 Å². The second-order valence-corrected chi connectivity index (χ2v) is 6.41. The quantitative estimate of drug-likeness (QED) is 0.662. The molecule has 8 nitrogen and oxygen atoms in total. The first kappa shape index (κ1) is 16.2. The van der Waals surface area contributed by atoms with Crippen molar-refractivity contribution in [1.29, 1.82) is 0 Å². The van der Waals surface area contributed by atoms with Crippen LogP contribution in [0.2, 0.25) is 0 Å². The van der Waals surface area contributed by atoms with E-state index in [1.165, 1.54) is 6.92 Å². The van der Waals surface area contributed by atoms with Gasteiger partial charge in [0.25, 0.3) is 11.4 Å². The van der Waals surface area contributed by atoms with Crippen LogP contribution >= 0.6 is 0 Å². The van der Waals surface area contributed by atoms with Crippen molar-refractivity contribution in [2.75, 3.05) is 5.32 Å². The van der Waals surface area contributed by atoms with Crippen molar-refractivity contribution < 1.29 is 14.6 Å². The van der Waals surface area contributed by atoms with E-state index in [0.29, 0.717) is 16.8 Å². The Hall–Kier alpha value is -2.22. The molecular formula is C14H19N3O5. The van der Waals surface area contributed by atoms with Crippen LogP contribution in [0.4, 0.5) is 17.1 Å². The number of anilines is 1. The van der Waals surface area contributed by atoms with Gasteiger partial charge in [-0.25, -0.2) is 0 Å². The number of rotatable bonds is 2. The van der Waals surface area contributed by atoms with Gasteiger partial charge in [-0.3, -0.25) is 20.2 Å². The molecule has 0 fully saturated rings. The summed E-state index contributed by atoms with van der Waals surface area (Å²) >= 11 is 0. The number of ether oxygens (including phenoxy) is 1. The molecule has 1 aliphatic rings. The van der Waals surface area contributed by atoms with Gasteiger partial charge in [-0.05, 0) is 19.3 Å². The van der Waals surface area contributed by atoms with E-state index in [2.05, 4.69) is 5.32 Å². The van der Waals surface area contributed by atoms with Crippen molar-refractivity contribution in [3.05, 3.63) is 36.9 Å². The van der Waals surface area contributed by atoms with Gasteiger partial charge in [-0.2, -0.15) is 0 Å². The minimum absolute atomic E-state index is 0.0573. The minimum atomic E-state index is -0.575. The zero-order valence-corrected chi connectivity index (χ0v) is 13.2. The second-order valence-electron chi connectivity index (χ2n) is 6.41. The van der Waals surface area contributed by atoms with Crippen molar-refractivity contribution in [3.63, 3.8) is 0 Å². The molecule has 1 aliphatic heterocycles. The van der Waals surface area contributed by atoms with Gasteiger partial charge in [0.1, 0.15) is 11.8 Å². The van der Waals surface area contributed by atoms with Gasteiger partial charge in [0.2, 0.25) is 0 Å². The van der Waals surface area contributed by atoms with E-state index in [9.17, 15) is 20.2 Å². The summed E-state index contributed by atoms with van der Waals surface area (Å²) in [6, 6.07) is 0. The molecule has 0 radical (unpaired) electrons. The number of nitro benzene ring substituents is 2. The molecular weight excluding hydrogens is 290 g/mol. The van der Waals surface area contributed by atoms with E-state index >= 15 is 0 Å². The number of nitro groups is 2. The molecule has 1 unspecified atom stereocenters. The highest BCUT2D eigenvalue weighted by atomic mass is 16.6. The van der Waals surface area contributed by atoms with Gasteiger partial charge in [0.05, 0.1) is 33.3 Å². The van der Waals surface area contributed by atoms with E-state index in [1.54, 1.807) is 6.92 Å². The van der Waals surface area contributed by atoms with Crippen LogP contribution in [0, 0.1) is 27.2 Å². The third kappa shape index (κ3) is 2.50. The van der Waals surface area contributed by atoms with Crippen LogP contribution in [0.15, 0.2) is 0 Å². The number of hydrogen-bond acceptors (Lipinski definition) is 6. The molecule has 0 saturated heterocycles. The number of fused-ring (bicyclic) bond motifs is 1. The summed E-state index contributed by atoms with van der Waals surface area (Å²) in [4.78, 5) is 21.9. The first-order valence-electron chi connectivity index (χ1n) is 6.92. The third-order valence-corrected chi connectivity index (χ3v) is 3.73. The number of benzene rings is 1. The molecule has 0 amide bonds. The molecule has 1 aromatic carbocycles. The van der Waals surface area contributed by atoms with E-state index < -0.39 is 15.3 Å². The van der Waals surface area contributed by atoms with Crippen LogP contribution in [0.25, 0.3) is 0 Å². The molecule has 2 rings (SSSR count). The zero-order chi connectivity index (χ0) is 16.8. The van der Waals surface area contributed by atoms with E-state index in [1.807, 2.05) is 20.8 Å². The Morgan fingerprint density at radius 1 is 1.18 bits per heavy atom. The normalized spacial score (nSPS) is 17.6. The van der Waals surface area contributed by atoms with Gasteiger partial charge in [0.15, 0.2) is 0 Å². The lowest BCUT2D eigenvalue weighted by molar-refractivity contribution is -0.396. The van der Waals surface area contributed by atoms with Gasteiger partial charge < -0.3 is 10.1 Å². The Labute approximate surface area is 127 Å².